The molecule has 0 spiro atoms. The zero-order valence-corrected chi connectivity index (χ0v) is 18.0. The number of ether oxygens (including phenoxy) is 1. The standard InChI is InChI=1S/C21H17ClFNO4.C2H6/c1-12-4-3-5-17(23)20(12)24-21(26)19-9-7-16(28-19)11-14-10-15(22)6-8-18(14)27-13(2)25;1-2/h3-10H,11H2,1-2H3,(H,24,26);1-2H3. The van der Waals surface area contributed by atoms with E-state index in [-0.39, 0.29) is 17.9 Å². The Hall–Kier alpha value is -3.12. The minimum Gasteiger partial charge on any atom is -0.456 e. The fraction of sp³-hybridized carbons (Fsp3) is 0.217. The Morgan fingerprint density at radius 1 is 1.13 bits per heavy atom. The number of rotatable bonds is 5. The average Bonchev–Trinajstić information content (AvgIpc) is 3.17. The number of para-hydroxylation sites is 1. The average molecular weight is 432 g/mol. The van der Waals surface area contributed by atoms with Gasteiger partial charge in [0.1, 0.15) is 17.3 Å². The number of aryl methyl sites for hydroxylation is 1. The molecule has 2 aromatic carbocycles. The molecule has 30 heavy (non-hydrogen) atoms. The van der Waals surface area contributed by atoms with Gasteiger partial charge in [-0.1, -0.05) is 37.6 Å². The summed E-state index contributed by atoms with van der Waals surface area (Å²) in [4.78, 5) is 23.7. The van der Waals surface area contributed by atoms with Crippen LogP contribution in [0.25, 0.3) is 0 Å². The highest BCUT2D eigenvalue weighted by molar-refractivity contribution is 6.30. The van der Waals surface area contributed by atoms with Crippen LogP contribution in [0.2, 0.25) is 5.02 Å². The van der Waals surface area contributed by atoms with E-state index in [1.807, 2.05) is 13.8 Å². The number of carbonyl (C=O) groups is 2. The third-order valence-electron chi connectivity index (χ3n) is 3.99. The van der Waals surface area contributed by atoms with E-state index in [0.717, 1.165) is 0 Å². The van der Waals surface area contributed by atoms with E-state index in [1.54, 1.807) is 43.3 Å². The van der Waals surface area contributed by atoms with Gasteiger partial charge in [-0.3, -0.25) is 9.59 Å². The van der Waals surface area contributed by atoms with Crippen LogP contribution in [0.3, 0.4) is 0 Å². The number of carbonyl (C=O) groups excluding carboxylic acids is 2. The molecule has 0 saturated carbocycles. The fourth-order valence-corrected chi connectivity index (χ4v) is 2.88. The monoisotopic (exact) mass is 431 g/mol. The molecule has 0 bridgehead atoms. The van der Waals surface area contributed by atoms with Crippen molar-refractivity contribution in [3.63, 3.8) is 0 Å². The van der Waals surface area contributed by atoms with Gasteiger partial charge in [0.05, 0.1) is 5.69 Å². The van der Waals surface area contributed by atoms with Gasteiger partial charge in [-0.25, -0.2) is 4.39 Å². The van der Waals surface area contributed by atoms with Crippen LogP contribution in [0.15, 0.2) is 52.9 Å². The van der Waals surface area contributed by atoms with Crippen LogP contribution in [0.4, 0.5) is 10.1 Å². The maximum Gasteiger partial charge on any atom is 0.308 e. The summed E-state index contributed by atoms with van der Waals surface area (Å²) in [7, 11) is 0. The van der Waals surface area contributed by atoms with E-state index >= 15 is 0 Å². The van der Waals surface area contributed by atoms with E-state index < -0.39 is 17.7 Å². The number of anilines is 1. The number of hydrogen-bond acceptors (Lipinski definition) is 4. The van der Waals surface area contributed by atoms with Crippen molar-refractivity contribution in [2.45, 2.75) is 34.1 Å². The molecule has 0 saturated heterocycles. The summed E-state index contributed by atoms with van der Waals surface area (Å²) in [6, 6.07) is 12.5. The predicted octanol–water partition coefficient (Wildman–Crippen LogP) is 6.18. The second-order valence-electron chi connectivity index (χ2n) is 6.17. The summed E-state index contributed by atoms with van der Waals surface area (Å²) in [5.41, 5.74) is 1.34. The molecule has 3 rings (SSSR count). The van der Waals surface area contributed by atoms with Crippen LogP contribution in [0.1, 0.15) is 48.2 Å². The molecule has 1 aromatic heterocycles. The molecule has 158 valence electrons. The molecule has 0 atom stereocenters. The lowest BCUT2D eigenvalue weighted by Crippen LogP contribution is -2.13. The molecule has 0 aliphatic carbocycles. The van der Waals surface area contributed by atoms with Crippen LogP contribution in [-0.2, 0) is 11.2 Å². The highest BCUT2D eigenvalue weighted by Crippen LogP contribution is 2.27. The number of furan rings is 1. The first-order chi connectivity index (χ1) is 14.3. The zero-order valence-electron chi connectivity index (χ0n) is 17.2. The minimum absolute atomic E-state index is 0.0358. The lowest BCUT2D eigenvalue weighted by atomic mass is 10.1. The van der Waals surface area contributed by atoms with Gasteiger partial charge >= 0.3 is 5.97 Å². The van der Waals surface area contributed by atoms with Crippen molar-refractivity contribution in [2.75, 3.05) is 5.32 Å². The smallest absolute Gasteiger partial charge is 0.308 e. The number of halogens is 2. The van der Waals surface area contributed by atoms with E-state index in [4.69, 9.17) is 20.8 Å². The van der Waals surface area contributed by atoms with Crippen molar-refractivity contribution in [2.24, 2.45) is 0 Å². The third-order valence-corrected chi connectivity index (χ3v) is 4.22. The molecular weight excluding hydrogens is 409 g/mol. The molecule has 1 heterocycles. The molecule has 5 nitrogen and oxygen atoms in total. The summed E-state index contributed by atoms with van der Waals surface area (Å²) < 4.78 is 24.7. The molecule has 0 unspecified atom stereocenters. The molecule has 3 aromatic rings. The summed E-state index contributed by atoms with van der Waals surface area (Å²) in [6.45, 7) is 7.00. The molecule has 1 amide bonds. The van der Waals surface area contributed by atoms with E-state index in [0.29, 0.717) is 27.7 Å². The highest BCUT2D eigenvalue weighted by Gasteiger charge is 2.16. The quantitative estimate of drug-likeness (QED) is 0.387. The van der Waals surface area contributed by atoms with Crippen molar-refractivity contribution >= 4 is 29.2 Å². The molecule has 1 N–H and O–H groups in total. The predicted molar refractivity (Wildman–Crippen MR) is 115 cm³/mol. The fourth-order valence-electron chi connectivity index (χ4n) is 2.69. The molecular formula is C23H23ClFNO4. The first-order valence-corrected chi connectivity index (χ1v) is 9.83. The van der Waals surface area contributed by atoms with Crippen LogP contribution in [0, 0.1) is 12.7 Å². The topological polar surface area (TPSA) is 68.5 Å². The maximum atomic E-state index is 13.9. The van der Waals surface area contributed by atoms with Gasteiger partial charge in [-0.15, -0.1) is 0 Å². The van der Waals surface area contributed by atoms with Gasteiger partial charge in [-0.05, 0) is 48.9 Å². The Morgan fingerprint density at radius 2 is 1.87 bits per heavy atom. The summed E-state index contributed by atoms with van der Waals surface area (Å²) >= 11 is 6.02. The second-order valence-corrected chi connectivity index (χ2v) is 6.61. The lowest BCUT2D eigenvalue weighted by Gasteiger charge is -2.09. The van der Waals surface area contributed by atoms with Crippen LogP contribution >= 0.6 is 11.6 Å². The SMILES string of the molecule is CC.CC(=O)Oc1ccc(Cl)cc1Cc1ccc(C(=O)Nc2c(C)cccc2F)o1. The number of nitrogens with one attached hydrogen (secondary N) is 1. The molecule has 0 radical (unpaired) electrons. The van der Waals surface area contributed by atoms with Crippen molar-refractivity contribution in [3.05, 3.63) is 82.0 Å². The number of esters is 1. The van der Waals surface area contributed by atoms with Gasteiger partial charge in [-0.2, -0.15) is 0 Å². The van der Waals surface area contributed by atoms with Crippen molar-refractivity contribution in [3.8, 4) is 5.75 Å². The minimum atomic E-state index is -0.564. The maximum absolute atomic E-state index is 13.9. The number of hydrogen-bond donors (Lipinski definition) is 1. The van der Waals surface area contributed by atoms with E-state index in [2.05, 4.69) is 5.32 Å². The number of benzene rings is 2. The Balaban J connectivity index is 0.00000155. The van der Waals surface area contributed by atoms with Crippen molar-refractivity contribution < 1.29 is 23.1 Å². The normalized spacial score (nSPS) is 10.1. The Labute approximate surface area is 179 Å². The second kappa shape index (κ2) is 10.6. The third kappa shape index (κ3) is 5.94. The highest BCUT2D eigenvalue weighted by atomic mass is 35.5. The van der Waals surface area contributed by atoms with Crippen molar-refractivity contribution in [1.82, 2.24) is 0 Å². The first kappa shape index (κ1) is 23.2. The summed E-state index contributed by atoms with van der Waals surface area (Å²) in [6.07, 6.45) is 0.259. The van der Waals surface area contributed by atoms with E-state index in [1.165, 1.54) is 19.1 Å². The summed E-state index contributed by atoms with van der Waals surface area (Å²) in [5.74, 6) is -0.680. The lowest BCUT2D eigenvalue weighted by molar-refractivity contribution is -0.131. The van der Waals surface area contributed by atoms with Gasteiger partial charge in [0, 0.05) is 23.9 Å². The van der Waals surface area contributed by atoms with Gasteiger partial charge < -0.3 is 14.5 Å². The van der Waals surface area contributed by atoms with Crippen LogP contribution < -0.4 is 10.1 Å². The Bertz CT molecular complexity index is 1030. The van der Waals surface area contributed by atoms with Crippen LogP contribution in [0.5, 0.6) is 5.75 Å². The van der Waals surface area contributed by atoms with Gasteiger partial charge in [0.2, 0.25) is 0 Å². The Kier molecular flexibility index (Phi) is 8.18. The zero-order chi connectivity index (χ0) is 22.3. The molecule has 0 aliphatic rings. The molecule has 0 aliphatic heterocycles. The van der Waals surface area contributed by atoms with Crippen LogP contribution in [-0.4, -0.2) is 11.9 Å². The largest absolute Gasteiger partial charge is 0.456 e. The summed E-state index contributed by atoms with van der Waals surface area (Å²) in [5, 5.41) is 3.00. The first-order valence-electron chi connectivity index (χ1n) is 9.45. The van der Waals surface area contributed by atoms with Crippen molar-refractivity contribution in [1.29, 1.82) is 0 Å². The Morgan fingerprint density at radius 3 is 2.53 bits per heavy atom. The molecule has 7 heteroatoms. The van der Waals surface area contributed by atoms with Gasteiger partial charge in [0.25, 0.3) is 5.91 Å². The van der Waals surface area contributed by atoms with E-state index in [9.17, 15) is 14.0 Å². The number of amides is 1. The molecule has 0 fully saturated rings. The van der Waals surface area contributed by atoms with Gasteiger partial charge in [0.15, 0.2) is 5.76 Å².